The van der Waals surface area contributed by atoms with Crippen LogP contribution in [0.4, 0.5) is 0 Å². The minimum Gasteiger partial charge on any atom is -0.382 e. The van der Waals surface area contributed by atoms with Gasteiger partial charge in [0.2, 0.25) is 0 Å². The van der Waals surface area contributed by atoms with Crippen molar-refractivity contribution in [3.05, 3.63) is 0 Å². The maximum absolute atomic E-state index is 5.76. The second-order valence-electron chi connectivity index (χ2n) is 3.80. The molecule has 1 atom stereocenters. The molecule has 1 N–H and O–H groups in total. The molecule has 4 nitrogen and oxygen atoms in total. The monoisotopic (exact) mass is 233 g/mol. The van der Waals surface area contributed by atoms with E-state index in [2.05, 4.69) is 12.2 Å². The molecule has 0 spiro atoms. The molecule has 0 aliphatic carbocycles. The predicted octanol–water partition coefficient (Wildman–Crippen LogP) is 1.44. The molecule has 0 radical (unpaired) electrons. The molecule has 0 saturated carbocycles. The molecule has 0 amide bonds. The molecule has 0 aromatic carbocycles. The van der Waals surface area contributed by atoms with Crippen LogP contribution in [0, 0.1) is 0 Å². The standard InChI is InChI=1S/C12H27NO3/c1-4-6-12(11-13-2)16-8-5-7-15-10-9-14-3/h12-13H,4-11H2,1-3H3. The zero-order valence-corrected chi connectivity index (χ0v) is 11.0. The Labute approximate surface area is 99.6 Å². The highest BCUT2D eigenvalue weighted by Gasteiger charge is 2.05. The Kier molecular flexibility index (Phi) is 12.8. The first kappa shape index (κ1) is 15.8. The number of methoxy groups -OCH3 is 1. The van der Waals surface area contributed by atoms with E-state index in [0.717, 1.165) is 39.0 Å². The van der Waals surface area contributed by atoms with Crippen LogP contribution in [-0.2, 0) is 14.2 Å². The van der Waals surface area contributed by atoms with Crippen LogP contribution >= 0.6 is 0 Å². The molecule has 0 aromatic rings. The average Bonchev–Trinajstić information content (AvgIpc) is 2.28. The molecular formula is C12H27NO3. The van der Waals surface area contributed by atoms with E-state index < -0.39 is 0 Å². The van der Waals surface area contributed by atoms with E-state index in [4.69, 9.17) is 14.2 Å². The Morgan fingerprint density at radius 2 is 1.94 bits per heavy atom. The summed E-state index contributed by atoms with van der Waals surface area (Å²) in [6, 6.07) is 0. The SMILES string of the molecule is CCCC(CNC)OCCCOCCOC. The minimum absolute atomic E-state index is 0.342. The Bertz CT molecular complexity index is 127. The van der Waals surface area contributed by atoms with Crippen molar-refractivity contribution in [1.29, 1.82) is 0 Å². The molecule has 1 unspecified atom stereocenters. The lowest BCUT2D eigenvalue weighted by Crippen LogP contribution is -2.27. The number of rotatable bonds is 12. The molecule has 4 heteroatoms. The fourth-order valence-electron chi connectivity index (χ4n) is 1.45. The molecule has 98 valence electrons. The van der Waals surface area contributed by atoms with Crippen LogP contribution in [0.25, 0.3) is 0 Å². The van der Waals surface area contributed by atoms with Crippen LogP contribution < -0.4 is 5.32 Å². The lowest BCUT2D eigenvalue weighted by atomic mass is 10.2. The highest BCUT2D eigenvalue weighted by atomic mass is 16.5. The molecule has 0 fully saturated rings. The fourth-order valence-corrected chi connectivity index (χ4v) is 1.45. The first-order valence-electron chi connectivity index (χ1n) is 6.18. The summed E-state index contributed by atoms with van der Waals surface area (Å²) in [6.07, 6.45) is 3.57. The number of hydrogen-bond acceptors (Lipinski definition) is 4. The third-order valence-corrected chi connectivity index (χ3v) is 2.26. The van der Waals surface area contributed by atoms with Crippen molar-refractivity contribution >= 4 is 0 Å². The zero-order chi connectivity index (χ0) is 12.1. The summed E-state index contributed by atoms with van der Waals surface area (Å²) < 4.78 is 16.0. The Morgan fingerprint density at radius 3 is 2.56 bits per heavy atom. The Balaban J connectivity index is 3.25. The summed E-state index contributed by atoms with van der Waals surface area (Å²) in [6.45, 7) is 5.98. The van der Waals surface area contributed by atoms with Crippen molar-refractivity contribution in [3.8, 4) is 0 Å². The maximum Gasteiger partial charge on any atom is 0.0700 e. The van der Waals surface area contributed by atoms with Gasteiger partial charge < -0.3 is 19.5 Å². The smallest absolute Gasteiger partial charge is 0.0700 e. The topological polar surface area (TPSA) is 39.7 Å². The van der Waals surface area contributed by atoms with Gasteiger partial charge in [-0.1, -0.05) is 13.3 Å². The number of hydrogen-bond donors (Lipinski definition) is 1. The first-order valence-corrected chi connectivity index (χ1v) is 6.18. The second kappa shape index (κ2) is 12.9. The predicted molar refractivity (Wildman–Crippen MR) is 65.9 cm³/mol. The van der Waals surface area contributed by atoms with Crippen LogP contribution in [0.3, 0.4) is 0 Å². The summed E-state index contributed by atoms with van der Waals surface area (Å²) in [5.74, 6) is 0. The van der Waals surface area contributed by atoms with Gasteiger partial charge in [-0.05, 0) is 19.9 Å². The van der Waals surface area contributed by atoms with Gasteiger partial charge >= 0.3 is 0 Å². The molecule has 0 heterocycles. The molecule has 16 heavy (non-hydrogen) atoms. The molecule has 0 aliphatic heterocycles. The summed E-state index contributed by atoms with van der Waals surface area (Å²) in [5.41, 5.74) is 0. The van der Waals surface area contributed by atoms with Crippen molar-refractivity contribution in [2.24, 2.45) is 0 Å². The van der Waals surface area contributed by atoms with Crippen molar-refractivity contribution < 1.29 is 14.2 Å². The van der Waals surface area contributed by atoms with Gasteiger partial charge in [-0.15, -0.1) is 0 Å². The van der Waals surface area contributed by atoms with Crippen LogP contribution in [0.1, 0.15) is 26.2 Å². The lowest BCUT2D eigenvalue weighted by molar-refractivity contribution is 0.0210. The third-order valence-electron chi connectivity index (χ3n) is 2.26. The molecule has 0 saturated heterocycles. The van der Waals surface area contributed by atoms with Crippen molar-refractivity contribution in [2.75, 3.05) is 47.1 Å². The van der Waals surface area contributed by atoms with E-state index in [1.165, 1.54) is 0 Å². The summed E-state index contributed by atoms with van der Waals surface area (Å²) in [5, 5.41) is 3.15. The van der Waals surface area contributed by atoms with E-state index in [1.807, 2.05) is 7.05 Å². The van der Waals surface area contributed by atoms with Crippen molar-refractivity contribution in [3.63, 3.8) is 0 Å². The zero-order valence-electron chi connectivity index (χ0n) is 11.0. The van der Waals surface area contributed by atoms with Gasteiger partial charge in [0.15, 0.2) is 0 Å². The lowest BCUT2D eigenvalue weighted by Gasteiger charge is -2.16. The minimum atomic E-state index is 0.342. The highest BCUT2D eigenvalue weighted by molar-refractivity contribution is 4.59. The summed E-state index contributed by atoms with van der Waals surface area (Å²) in [7, 11) is 3.64. The number of nitrogens with one attached hydrogen (secondary N) is 1. The Hall–Kier alpha value is -0.160. The molecule has 0 aromatic heterocycles. The van der Waals surface area contributed by atoms with Crippen LogP contribution in [0.15, 0.2) is 0 Å². The fraction of sp³-hybridized carbons (Fsp3) is 1.00. The third kappa shape index (κ3) is 10.4. The maximum atomic E-state index is 5.76. The summed E-state index contributed by atoms with van der Waals surface area (Å²) >= 11 is 0. The molecular weight excluding hydrogens is 206 g/mol. The van der Waals surface area contributed by atoms with Crippen LogP contribution in [-0.4, -0.2) is 53.2 Å². The quantitative estimate of drug-likeness (QED) is 0.518. The van der Waals surface area contributed by atoms with Gasteiger partial charge in [0.25, 0.3) is 0 Å². The van der Waals surface area contributed by atoms with E-state index in [0.29, 0.717) is 19.3 Å². The van der Waals surface area contributed by atoms with Crippen LogP contribution in [0.5, 0.6) is 0 Å². The number of ether oxygens (including phenoxy) is 3. The van der Waals surface area contributed by atoms with E-state index in [1.54, 1.807) is 7.11 Å². The Morgan fingerprint density at radius 1 is 1.12 bits per heavy atom. The summed E-state index contributed by atoms with van der Waals surface area (Å²) in [4.78, 5) is 0. The van der Waals surface area contributed by atoms with Gasteiger partial charge in [0.1, 0.15) is 0 Å². The first-order chi connectivity index (χ1) is 7.85. The highest BCUT2D eigenvalue weighted by Crippen LogP contribution is 2.01. The largest absolute Gasteiger partial charge is 0.382 e. The van der Waals surface area contributed by atoms with Gasteiger partial charge in [-0.3, -0.25) is 0 Å². The van der Waals surface area contributed by atoms with Gasteiger partial charge in [-0.25, -0.2) is 0 Å². The molecule has 0 bridgehead atoms. The second-order valence-corrected chi connectivity index (χ2v) is 3.80. The van der Waals surface area contributed by atoms with Crippen molar-refractivity contribution in [2.45, 2.75) is 32.3 Å². The van der Waals surface area contributed by atoms with E-state index in [-0.39, 0.29) is 0 Å². The van der Waals surface area contributed by atoms with E-state index in [9.17, 15) is 0 Å². The van der Waals surface area contributed by atoms with Gasteiger partial charge in [0, 0.05) is 26.9 Å². The van der Waals surface area contributed by atoms with Gasteiger partial charge in [-0.2, -0.15) is 0 Å². The van der Waals surface area contributed by atoms with Crippen molar-refractivity contribution in [1.82, 2.24) is 5.32 Å². The van der Waals surface area contributed by atoms with Gasteiger partial charge in [0.05, 0.1) is 19.3 Å². The van der Waals surface area contributed by atoms with E-state index >= 15 is 0 Å². The average molecular weight is 233 g/mol. The molecule has 0 aliphatic rings. The normalized spacial score (nSPS) is 12.9. The molecule has 0 rings (SSSR count). The van der Waals surface area contributed by atoms with Crippen LogP contribution in [0.2, 0.25) is 0 Å². The number of likely N-dealkylation sites (N-methyl/N-ethyl adjacent to an activating group) is 1.